The Morgan fingerprint density at radius 2 is 2.05 bits per heavy atom. The van der Waals surface area contributed by atoms with E-state index in [0.717, 1.165) is 5.39 Å². The van der Waals surface area contributed by atoms with Crippen LogP contribution in [0, 0.1) is 0 Å². The van der Waals surface area contributed by atoms with Crippen LogP contribution in [-0.2, 0) is 11.3 Å². The number of amides is 1. The highest BCUT2D eigenvalue weighted by molar-refractivity contribution is 5.85. The van der Waals surface area contributed by atoms with Crippen LogP contribution >= 0.6 is 0 Å². The number of benzene rings is 1. The van der Waals surface area contributed by atoms with Gasteiger partial charge in [-0.2, -0.15) is 0 Å². The van der Waals surface area contributed by atoms with Crippen molar-refractivity contribution in [2.45, 2.75) is 39.4 Å². The molecule has 0 radical (unpaired) electrons. The van der Waals surface area contributed by atoms with E-state index in [-0.39, 0.29) is 18.0 Å². The van der Waals surface area contributed by atoms with Gasteiger partial charge in [0.1, 0.15) is 0 Å². The molecule has 106 valence electrons. The second-order valence-electron chi connectivity index (χ2n) is 5.28. The molecule has 2 aromatic rings. The molecule has 0 aliphatic rings. The molecule has 1 atom stereocenters. The van der Waals surface area contributed by atoms with Gasteiger partial charge in [0.05, 0.1) is 6.04 Å². The van der Waals surface area contributed by atoms with Crippen molar-refractivity contribution in [1.29, 1.82) is 0 Å². The average molecular weight is 271 g/mol. The smallest absolute Gasteiger partial charge is 0.237 e. The average Bonchev–Trinajstić information content (AvgIpc) is 2.44. The second kappa shape index (κ2) is 6.48. The predicted molar refractivity (Wildman–Crippen MR) is 81.3 cm³/mol. The number of pyridine rings is 1. The first-order chi connectivity index (χ1) is 9.58. The van der Waals surface area contributed by atoms with E-state index >= 15 is 0 Å². The molecule has 1 unspecified atom stereocenters. The number of nitrogens with zero attached hydrogens (tertiary/aromatic N) is 1. The summed E-state index contributed by atoms with van der Waals surface area (Å²) in [5.74, 6) is 0.0295. The van der Waals surface area contributed by atoms with Gasteiger partial charge in [0.2, 0.25) is 5.91 Å². The third-order valence-corrected chi connectivity index (χ3v) is 3.19. The van der Waals surface area contributed by atoms with E-state index in [0.29, 0.717) is 6.54 Å². The van der Waals surface area contributed by atoms with Crippen LogP contribution < -0.4 is 10.6 Å². The lowest BCUT2D eigenvalue weighted by molar-refractivity contribution is -0.123. The third-order valence-electron chi connectivity index (χ3n) is 3.19. The maximum atomic E-state index is 11.9. The Hall–Kier alpha value is -1.94. The molecule has 2 rings (SSSR count). The standard InChI is InChI=1S/C16H21N3O/c1-11(2)19-16(20)12(3)18-10-14-6-4-5-13-9-17-8-7-15(13)14/h4-9,11-12,18H,10H2,1-3H3,(H,19,20). The third kappa shape index (κ3) is 3.54. The van der Waals surface area contributed by atoms with Gasteiger partial charge in [0, 0.05) is 30.4 Å². The first kappa shape index (κ1) is 14.5. The summed E-state index contributed by atoms with van der Waals surface area (Å²) < 4.78 is 0. The maximum Gasteiger partial charge on any atom is 0.237 e. The van der Waals surface area contributed by atoms with Crippen molar-refractivity contribution in [3.8, 4) is 0 Å². The summed E-state index contributed by atoms with van der Waals surface area (Å²) in [5, 5.41) is 8.46. The summed E-state index contributed by atoms with van der Waals surface area (Å²) >= 11 is 0. The lowest BCUT2D eigenvalue weighted by Crippen LogP contribution is -2.44. The topological polar surface area (TPSA) is 54.0 Å². The Morgan fingerprint density at radius 1 is 1.25 bits per heavy atom. The van der Waals surface area contributed by atoms with Crippen LogP contribution in [0.4, 0.5) is 0 Å². The summed E-state index contributed by atoms with van der Waals surface area (Å²) in [6.45, 7) is 6.46. The molecule has 0 saturated carbocycles. The fourth-order valence-corrected chi connectivity index (χ4v) is 2.11. The molecular weight excluding hydrogens is 250 g/mol. The van der Waals surface area contributed by atoms with Crippen molar-refractivity contribution in [3.63, 3.8) is 0 Å². The van der Waals surface area contributed by atoms with Crippen molar-refractivity contribution < 1.29 is 4.79 Å². The van der Waals surface area contributed by atoms with Crippen LogP contribution in [0.2, 0.25) is 0 Å². The van der Waals surface area contributed by atoms with Gasteiger partial charge in [-0.15, -0.1) is 0 Å². The van der Waals surface area contributed by atoms with Gasteiger partial charge in [-0.3, -0.25) is 9.78 Å². The zero-order valence-electron chi connectivity index (χ0n) is 12.2. The fourth-order valence-electron chi connectivity index (χ4n) is 2.11. The molecule has 0 fully saturated rings. The number of carbonyl (C=O) groups is 1. The summed E-state index contributed by atoms with van der Waals surface area (Å²) in [6, 6.07) is 8.08. The van der Waals surface area contributed by atoms with Crippen molar-refractivity contribution in [2.24, 2.45) is 0 Å². The number of hydrogen-bond donors (Lipinski definition) is 2. The Morgan fingerprint density at radius 3 is 2.80 bits per heavy atom. The Balaban J connectivity index is 2.04. The van der Waals surface area contributed by atoms with E-state index in [9.17, 15) is 4.79 Å². The van der Waals surface area contributed by atoms with E-state index < -0.39 is 0 Å². The summed E-state index contributed by atoms with van der Waals surface area (Å²) in [7, 11) is 0. The predicted octanol–water partition coefficient (Wildman–Crippen LogP) is 2.24. The van der Waals surface area contributed by atoms with E-state index in [1.807, 2.05) is 45.2 Å². The minimum absolute atomic E-state index is 0.0295. The van der Waals surface area contributed by atoms with E-state index in [2.05, 4.69) is 21.7 Å². The molecule has 0 bridgehead atoms. The number of fused-ring (bicyclic) bond motifs is 1. The SMILES string of the molecule is CC(C)NC(=O)C(C)NCc1cccc2cnccc12. The Bertz CT molecular complexity index is 590. The molecule has 1 amide bonds. The zero-order chi connectivity index (χ0) is 14.5. The highest BCUT2D eigenvalue weighted by Crippen LogP contribution is 2.17. The van der Waals surface area contributed by atoms with Gasteiger partial charge < -0.3 is 10.6 Å². The van der Waals surface area contributed by atoms with Crippen molar-refractivity contribution in [1.82, 2.24) is 15.6 Å². The van der Waals surface area contributed by atoms with Gasteiger partial charge in [-0.1, -0.05) is 18.2 Å². The Kier molecular flexibility index (Phi) is 4.69. The quantitative estimate of drug-likeness (QED) is 0.877. The summed E-state index contributed by atoms with van der Waals surface area (Å²) in [4.78, 5) is 16.0. The molecule has 4 nitrogen and oxygen atoms in total. The molecule has 1 aromatic heterocycles. The van der Waals surface area contributed by atoms with Gasteiger partial charge in [0.25, 0.3) is 0 Å². The summed E-state index contributed by atoms with van der Waals surface area (Å²) in [5.41, 5.74) is 1.18. The van der Waals surface area contributed by atoms with Crippen LogP contribution in [0.15, 0.2) is 36.7 Å². The van der Waals surface area contributed by atoms with Crippen LogP contribution in [0.5, 0.6) is 0 Å². The molecule has 1 aromatic carbocycles. The number of carbonyl (C=O) groups excluding carboxylic acids is 1. The minimum Gasteiger partial charge on any atom is -0.353 e. The van der Waals surface area contributed by atoms with Gasteiger partial charge in [-0.25, -0.2) is 0 Å². The highest BCUT2D eigenvalue weighted by Gasteiger charge is 2.13. The molecule has 0 saturated heterocycles. The van der Waals surface area contributed by atoms with E-state index in [4.69, 9.17) is 0 Å². The van der Waals surface area contributed by atoms with Gasteiger partial charge in [-0.05, 0) is 37.8 Å². The van der Waals surface area contributed by atoms with Crippen LogP contribution in [0.3, 0.4) is 0 Å². The van der Waals surface area contributed by atoms with Crippen molar-refractivity contribution in [2.75, 3.05) is 0 Å². The van der Waals surface area contributed by atoms with Crippen LogP contribution in [0.25, 0.3) is 10.8 Å². The largest absolute Gasteiger partial charge is 0.353 e. The molecule has 2 N–H and O–H groups in total. The number of hydrogen-bond acceptors (Lipinski definition) is 3. The van der Waals surface area contributed by atoms with E-state index in [1.165, 1.54) is 10.9 Å². The lowest BCUT2D eigenvalue weighted by atomic mass is 10.1. The monoisotopic (exact) mass is 271 g/mol. The maximum absolute atomic E-state index is 11.9. The minimum atomic E-state index is -0.213. The molecule has 0 aliphatic heterocycles. The van der Waals surface area contributed by atoms with Gasteiger partial charge >= 0.3 is 0 Å². The van der Waals surface area contributed by atoms with Crippen LogP contribution in [-0.4, -0.2) is 23.0 Å². The number of nitrogens with one attached hydrogen (secondary N) is 2. The molecule has 20 heavy (non-hydrogen) atoms. The highest BCUT2D eigenvalue weighted by atomic mass is 16.2. The zero-order valence-corrected chi connectivity index (χ0v) is 12.2. The number of aromatic nitrogens is 1. The van der Waals surface area contributed by atoms with Crippen LogP contribution in [0.1, 0.15) is 26.3 Å². The fraction of sp³-hybridized carbons (Fsp3) is 0.375. The first-order valence-corrected chi connectivity index (χ1v) is 6.93. The summed E-state index contributed by atoms with van der Waals surface area (Å²) in [6.07, 6.45) is 3.65. The normalized spacial score (nSPS) is 12.6. The van der Waals surface area contributed by atoms with E-state index in [1.54, 1.807) is 6.20 Å². The van der Waals surface area contributed by atoms with Crippen molar-refractivity contribution in [3.05, 3.63) is 42.2 Å². The molecule has 1 heterocycles. The molecule has 0 spiro atoms. The second-order valence-corrected chi connectivity index (χ2v) is 5.28. The molecule has 4 heteroatoms. The van der Waals surface area contributed by atoms with Gasteiger partial charge in [0.15, 0.2) is 0 Å². The number of rotatable bonds is 5. The van der Waals surface area contributed by atoms with Crippen molar-refractivity contribution >= 4 is 16.7 Å². The lowest BCUT2D eigenvalue weighted by Gasteiger charge is -2.16. The molecule has 0 aliphatic carbocycles. The Labute approximate surface area is 119 Å². The molecular formula is C16H21N3O. The first-order valence-electron chi connectivity index (χ1n) is 6.93.